The molecule has 0 bridgehead atoms. The van der Waals surface area contributed by atoms with Crippen LogP contribution >= 0.6 is 0 Å². The molecule has 0 unspecified atom stereocenters. The minimum Gasteiger partial charge on any atom is -0.370 e. The van der Waals surface area contributed by atoms with Crippen molar-refractivity contribution in [2.45, 2.75) is 39.5 Å². The average molecular weight is 468 g/mol. The van der Waals surface area contributed by atoms with Crippen molar-refractivity contribution in [1.82, 2.24) is 4.90 Å². The summed E-state index contributed by atoms with van der Waals surface area (Å²) in [7, 11) is 0. The lowest BCUT2D eigenvalue weighted by atomic mass is 9.88. The fourth-order valence-electron chi connectivity index (χ4n) is 4.38. The van der Waals surface area contributed by atoms with Crippen LogP contribution in [0.25, 0.3) is 0 Å². The summed E-state index contributed by atoms with van der Waals surface area (Å²) in [6.07, 6.45) is 2.40. The number of carbonyl (C=O) groups is 3. The maximum atomic E-state index is 13.3. The summed E-state index contributed by atoms with van der Waals surface area (Å²) in [5.74, 6) is -0.396. The van der Waals surface area contributed by atoms with Crippen LogP contribution < -0.4 is 10.6 Å². The molecule has 1 aliphatic rings. The molecule has 1 aliphatic heterocycles. The second-order valence-corrected chi connectivity index (χ2v) is 9.45. The van der Waals surface area contributed by atoms with E-state index in [1.807, 2.05) is 29.2 Å². The van der Waals surface area contributed by atoms with E-state index in [1.54, 1.807) is 0 Å². The van der Waals surface area contributed by atoms with Gasteiger partial charge in [0.1, 0.15) is 5.82 Å². The van der Waals surface area contributed by atoms with Crippen molar-refractivity contribution in [2.24, 2.45) is 17.6 Å². The first-order valence-corrected chi connectivity index (χ1v) is 11.9. The first-order valence-electron chi connectivity index (χ1n) is 11.9. The van der Waals surface area contributed by atoms with E-state index in [0.717, 1.165) is 12.0 Å². The Bertz CT molecular complexity index is 981. The Balaban J connectivity index is 1.56. The number of amides is 2. The summed E-state index contributed by atoms with van der Waals surface area (Å²) in [6.45, 7) is 5.94. The largest absolute Gasteiger partial charge is 0.370 e. The molecule has 2 N–H and O–H groups in total. The monoisotopic (exact) mass is 467 g/mol. The zero-order valence-electron chi connectivity index (χ0n) is 20.0. The van der Waals surface area contributed by atoms with Crippen molar-refractivity contribution in [3.05, 3.63) is 65.5 Å². The summed E-state index contributed by atoms with van der Waals surface area (Å²) in [5, 5.41) is 0. The molecule has 2 amide bonds. The van der Waals surface area contributed by atoms with Gasteiger partial charge < -0.3 is 10.6 Å². The van der Waals surface area contributed by atoms with Crippen molar-refractivity contribution < 1.29 is 18.8 Å². The van der Waals surface area contributed by atoms with E-state index >= 15 is 0 Å². The molecule has 2 aromatic carbocycles. The van der Waals surface area contributed by atoms with Crippen LogP contribution in [0, 0.1) is 17.7 Å². The lowest BCUT2D eigenvalue weighted by Crippen LogP contribution is -2.45. The number of hydrogen-bond acceptors (Lipinski definition) is 4. The number of halogens is 1. The third kappa shape index (κ3) is 7.22. The van der Waals surface area contributed by atoms with Gasteiger partial charge in [-0.2, -0.15) is 0 Å². The molecule has 6 nitrogen and oxygen atoms in total. The molecular formula is C27H34FN3O3. The average Bonchev–Trinajstić information content (AvgIpc) is 2.80. The maximum absolute atomic E-state index is 13.3. The fraction of sp³-hybridized carbons (Fsp3) is 0.444. The highest BCUT2D eigenvalue weighted by atomic mass is 19.1. The molecule has 0 aromatic heterocycles. The van der Waals surface area contributed by atoms with Gasteiger partial charge in [-0.25, -0.2) is 4.39 Å². The number of nitrogens with zero attached hydrogens (tertiary/aromatic N) is 2. The predicted molar refractivity (Wildman–Crippen MR) is 131 cm³/mol. The normalized spacial score (nSPS) is 14.8. The first kappa shape index (κ1) is 25.6. The first-order chi connectivity index (χ1) is 16.2. The molecule has 7 heteroatoms. The van der Waals surface area contributed by atoms with E-state index in [9.17, 15) is 18.8 Å². The number of likely N-dealkylation sites (tertiary alicyclic amines) is 1. The predicted octanol–water partition coefficient (Wildman–Crippen LogP) is 3.83. The standard InChI is InChI=1S/C27H34FN3O3/c1-19(2)17-20-3-5-21(6-4-20)27(34)22-11-14-30(15-12-22)18-26(33)31(16-13-25(29)32)24-9-7-23(28)8-10-24/h3-10,19,22H,11-18H2,1-2H3,(H2,29,32). The minimum atomic E-state index is -0.503. The van der Waals surface area contributed by atoms with Gasteiger partial charge in [-0.15, -0.1) is 0 Å². The maximum Gasteiger partial charge on any atom is 0.241 e. The Morgan fingerprint density at radius 2 is 1.65 bits per heavy atom. The van der Waals surface area contributed by atoms with E-state index < -0.39 is 11.7 Å². The van der Waals surface area contributed by atoms with E-state index in [-0.39, 0.29) is 37.1 Å². The Morgan fingerprint density at radius 3 is 2.21 bits per heavy atom. The van der Waals surface area contributed by atoms with Crippen molar-refractivity contribution in [2.75, 3.05) is 31.1 Å². The molecule has 1 heterocycles. The molecule has 1 fully saturated rings. The zero-order chi connectivity index (χ0) is 24.7. The van der Waals surface area contributed by atoms with Gasteiger partial charge in [-0.1, -0.05) is 38.1 Å². The van der Waals surface area contributed by atoms with Gasteiger partial charge in [-0.3, -0.25) is 19.3 Å². The Hall–Kier alpha value is -3.06. The van der Waals surface area contributed by atoms with Crippen molar-refractivity contribution in [3.8, 4) is 0 Å². The second-order valence-electron chi connectivity index (χ2n) is 9.45. The number of primary amides is 1. The van der Waals surface area contributed by atoms with Gasteiger partial charge in [0.15, 0.2) is 5.78 Å². The molecule has 0 saturated carbocycles. The Labute approximate surface area is 200 Å². The molecule has 2 aromatic rings. The number of nitrogens with two attached hydrogens (primary N) is 1. The number of carbonyl (C=O) groups excluding carboxylic acids is 3. The number of piperidine rings is 1. The van der Waals surface area contributed by atoms with Crippen LogP contribution in [-0.2, 0) is 16.0 Å². The smallest absolute Gasteiger partial charge is 0.241 e. The summed E-state index contributed by atoms with van der Waals surface area (Å²) in [6, 6.07) is 13.5. The summed E-state index contributed by atoms with van der Waals surface area (Å²) < 4.78 is 13.3. The summed E-state index contributed by atoms with van der Waals surface area (Å²) in [4.78, 5) is 40.8. The van der Waals surface area contributed by atoms with E-state index in [2.05, 4.69) is 13.8 Å². The van der Waals surface area contributed by atoms with Gasteiger partial charge in [-0.05, 0) is 68.1 Å². The van der Waals surface area contributed by atoms with E-state index in [1.165, 1.54) is 34.7 Å². The van der Waals surface area contributed by atoms with Crippen LogP contribution in [0.2, 0.25) is 0 Å². The number of Topliss-reactive ketones (excluding diaryl/α,β-unsaturated/α-hetero) is 1. The summed E-state index contributed by atoms with van der Waals surface area (Å²) in [5.41, 5.74) is 7.78. The topological polar surface area (TPSA) is 83.7 Å². The van der Waals surface area contributed by atoms with Crippen molar-refractivity contribution >= 4 is 23.3 Å². The Kier molecular flexibility index (Phi) is 8.93. The van der Waals surface area contributed by atoms with Crippen LogP contribution in [0.4, 0.5) is 10.1 Å². The van der Waals surface area contributed by atoms with Crippen LogP contribution in [0.15, 0.2) is 48.5 Å². The van der Waals surface area contributed by atoms with Crippen LogP contribution in [0.5, 0.6) is 0 Å². The molecule has 0 spiro atoms. The number of anilines is 1. The zero-order valence-corrected chi connectivity index (χ0v) is 20.0. The molecule has 0 radical (unpaired) electrons. The lowest BCUT2D eigenvalue weighted by Gasteiger charge is -2.32. The van der Waals surface area contributed by atoms with Crippen LogP contribution in [0.3, 0.4) is 0 Å². The minimum absolute atomic E-state index is 0.0235. The van der Waals surface area contributed by atoms with Gasteiger partial charge >= 0.3 is 0 Å². The molecule has 0 atom stereocenters. The molecular weight excluding hydrogens is 433 g/mol. The lowest BCUT2D eigenvalue weighted by molar-refractivity contribution is -0.120. The quantitative estimate of drug-likeness (QED) is 0.539. The number of hydrogen-bond donors (Lipinski definition) is 1. The molecule has 182 valence electrons. The van der Waals surface area contributed by atoms with Crippen molar-refractivity contribution in [3.63, 3.8) is 0 Å². The molecule has 34 heavy (non-hydrogen) atoms. The van der Waals surface area contributed by atoms with Gasteiger partial charge in [0.05, 0.1) is 6.54 Å². The molecule has 0 aliphatic carbocycles. The third-order valence-corrected chi connectivity index (χ3v) is 6.22. The van der Waals surface area contributed by atoms with Gasteiger partial charge in [0.25, 0.3) is 0 Å². The highest BCUT2D eigenvalue weighted by Gasteiger charge is 2.28. The molecule has 1 saturated heterocycles. The van der Waals surface area contributed by atoms with Gasteiger partial charge in [0, 0.05) is 30.1 Å². The fourth-order valence-corrected chi connectivity index (χ4v) is 4.38. The van der Waals surface area contributed by atoms with E-state index in [4.69, 9.17) is 5.73 Å². The van der Waals surface area contributed by atoms with E-state index in [0.29, 0.717) is 37.5 Å². The number of ketones is 1. The van der Waals surface area contributed by atoms with Crippen molar-refractivity contribution in [1.29, 1.82) is 0 Å². The van der Waals surface area contributed by atoms with Crippen LogP contribution in [0.1, 0.15) is 49.0 Å². The SMILES string of the molecule is CC(C)Cc1ccc(C(=O)C2CCN(CC(=O)N(CCC(N)=O)c3ccc(F)cc3)CC2)cc1. The number of benzene rings is 2. The third-order valence-electron chi connectivity index (χ3n) is 6.22. The van der Waals surface area contributed by atoms with Gasteiger partial charge in [0.2, 0.25) is 11.8 Å². The second kappa shape index (κ2) is 11.9. The molecule has 3 rings (SSSR count). The van der Waals surface area contributed by atoms with Crippen LogP contribution in [-0.4, -0.2) is 48.7 Å². The summed E-state index contributed by atoms with van der Waals surface area (Å²) >= 11 is 0. The number of rotatable bonds is 10. The highest BCUT2D eigenvalue weighted by Crippen LogP contribution is 2.23. The Morgan fingerprint density at radius 1 is 1.03 bits per heavy atom. The highest BCUT2D eigenvalue weighted by molar-refractivity contribution is 5.98.